The van der Waals surface area contributed by atoms with Crippen LogP contribution in [0.5, 0.6) is 0 Å². The van der Waals surface area contributed by atoms with Gasteiger partial charge in [0.15, 0.2) is 0 Å². The molecule has 76 valence electrons. The summed E-state index contributed by atoms with van der Waals surface area (Å²) in [6.07, 6.45) is 3.73. The van der Waals surface area contributed by atoms with Crippen LogP contribution in [0, 0.1) is 0 Å². The van der Waals surface area contributed by atoms with Gasteiger partial charge in [-0.1, -0.05) is 0 Å². The Bertz CT molecular complexity index is 317. The average Bonchev–Trinajstić information content (AvgIpc) is 2.20. The average molecular weight is 259 g/mol. The molecule has 0 radical (unpaired) electrons. The SMILES string of the molecule is COC(=O)CCNc1ccncc1Br. The molecular formula is C9H11BrN2O2. The molecule has 0 atom stereocenters. The first-order valence-electron chi connectivity index (χ1n) is 4.14. The molecule has 0 unspecified atom stereocenters. The number of halogens is 1. The van der Waals surface area contributed by atoms with Gasteiger partial charge in [-0.3, -0.25) is 9.78 Å². The van der Waals surface area contributed by atoms with Crippen LogP contribution in [0.1, 0.15) is 6.42 Å². The summed E-state index contributed by atoms with van der Waals surface area (Å²) in [4.78, 5) is 14.7. The van der Waals surface area contributed by atoms with Crippen LogP contribution < -0.4 is 5.32 Å². The van der Waals surface area contributed by atoms with Gasteiger partial charge < -0.3 is 10.1 Å². The molecule has 1 rings (SSSR count). The second kappa shape index (κ2) is 5.59. The van der Waals surface area contributed by atoms with Gasteiger partial charge >= 0.3 is 5.97 Å². The Hall–Kier alpha value is -1.10. The molecule has 0 bridgehead atoms. The molecule has 1 N–H and O–H groups in total. The van der Waals surface area contributed by atoms with Crippen molar-refractivity contribution in [3.05, 3.63) is 22.9 Å². The van der Waals surface area contributed by atoms with E-state index in [1.165, 1.54) is 7.11 Å². The maximum atomic E-state index is 10.8. The normalized spacial score (nSPS) is 9.57. The lowest BCUT2D eigenvalue weighted by molar-refractivity contribution is -0.140. The van der Waals surface area contributed by atoms with E-state index in [9.17, 15) is 4.79 Å². The zero-order chi connectivity index (χ0) is 10.4. The van der Waals surface area contributed by atoms with Gasteiger partial charge in [0.2, 0.25) is 0 Å². The van der Waals surface area contributed by atoms with Crippen molar-refractivity contribution in [3.8, 4) is 0 Å². The monoisotopic (exact) mass is 258 g/mol. The van der Waals surface area contributed by atoms with Crippen molar-refractivity contribution < 1.29 is 9.53 Å². The van der Waals surface area contributed by atoms with Crippen LogP contribution in [0.25, 0.3) is 0 Å². The summed E-state index contributed by atoms with van der Waals surface area (Å²) in [5.41, 5.74) is 0.920. The molecule has 5 heteroatoms. The second-order valence-corrected chi connectivity index (χ2v) is 3.46. The minimum absolute atomic E-state index is 0.220. The predicted octanol–water partition coefficient (Wildman–Crippen LogP) is 1.82. The molecule has 0 saturated carbocycles. The maximum Gasteiger partial charge on any atom is 0.307 e. The number of methoxy groups -OCH3 is 1. The van der Waals surface area contributed by atoms with E-state index in [2.05, 4.69) is 31.0 Å². The summed E-state index contributed by atoms with van der Waals surface area (Å²) >= 11 is 3.34. The van der Waals surface area contributed by atoms with Crippen molar-refractivity contribution in [2.45, 2.75) is 6.42 Å². The van der Waals surface area contributed by atoms with Crippen molar-refractivity contribution in [2.24, 2.45) is 0 Å². The van der Waals surface area contributed by atoms with Gasteiger partial charge in [-0.2, -0.15) is 0 Å². The van der Waals surface area contributed by atoms with Crippen LogP contribution in [0.15, 0.2) is 22.9 Å². The number of aromatic nitrogens is 1. The number of pyridine rings is 1. The topological polar surface area (TPSA) is 51.2 Å². The summed E-state index contributed by atoms with van der Waals surface area (Å²) in [5.74, 6) is -0.220. The number of nitrogens with one attached hydrogen (secondary N) is 1. The van der Waals surface area contributed by atoms with E-state index < -0.39 is 0 Å². The molecule has 0 spiro atoms. The summed E-state index contributed by atoms with van der Waals surface area (Å²) < 4.78 is 5.39. The molecule has 0 aliphatic carbocycles. The number of nitrogens with zero attached hydrogens (tertiary/aromatic N) is 1. The fourth-order valence-electron chi connectivity index (χ4n) is 0.920. The number of carbonyl (C=O) groups excluding carboxylic acids is 1. The Morgan fingerprint density at radius 1 is 1.71 bits per heavy atom. The molecular weight excluding hydrogens is 248 g/mol. The highest BCUT2D eigenvalue weighted by Gasteiger charge is 2.01. The number of carbonyl (C=O) groups is 1. The largest absolute Gasteiger partial charge is 0.469 e. The lowest BCUT2D eigenvalue weighted by atomic mass is 10.3. The zero-order valence-electron chi connectivity index (χ0n) is 7.79. The highest BCUT2D eigenvalue weighted by atomic mass is 79.9. The van der Waals surface area contributed by atoms with E-state index >= 15 is 0 Å². The summed E-state index contributed by atoms with van der Waals surface area (Å²) in [7, 11) is 1.38. The van der Waals surface area contributed by atoms with Crippen LogP contribution in [-0.2, 0) is 9.53 Å². The van der Waals surface area contributed by atoms with Crippen LogP contribution >= 0.6 is 15.9 Å². The number of ether oxygens (including phenoxy) is 1. The fourth-order valence-corrected chi connectivity index (χ4v) is 1.31. The Morgan fingerprint density at radius 2 is 2.50 bits per heavy atom. The number of hydrogen-bond donors (Lipinski definition) is 1. The molecule has 0 aliphatic rings. The van der Waals surface area contributed by atoms with Gasteiger partial charge in [-0.25, -0.2) is 0 Å². The molecule has 0 amide bonds. The smallest absolute Gasteiger partial charge is 0.307 e. The highest BCUT2D eigenvalue weighted by Crippen LogP contribution is 2.19. The van der Waals surface area contributed by atoms with E-state index in [0.717, 1.165) is 10.2 Å². The molecule has 0 aliphatic heterocycles. The third-order valence-electron chi connectivity index (χ3n) is 1.64. The van der Waals surface area contributed by atoms with Crippen LogP contribution in [-0.4, -0.2) is 24.6 Å². The second-order valence-electron chi connectivity index (χ2n) is 2.61. The molecule has 1 aromatic rings. The van der Waals surface area contributed by atoms with Crippen molar-refractivity contribution in [2.75, 3.05) is 19.0 Å². The molecule has 4 nitrogen and oxygen atoms in total. The molecule has 14 heavy (non-hydrogen) atoms. The molecule has 0 saturated heterocycles. The molecule has 0 fully saturated rings. The third kappa shape index (κ3) is 3.33. The first kappa shape index (κ1) is 11.0. The van der Waals surface area contributed by atoms with Gasteiger partial charge in [0, 0.05) is 18.9 Å². The lowest BCUT2D eigenvalue weighted by Gasteiger charge is -2.06. The third-order valence-corrected chi connectivity index (χ3v) is 2.28. The summed E-state index contributed by atoms with van der Waals surface area (Å²) in [6.45, 7) is 0.551. The number of rotatable bonds is 4. The first-order valence-corrected chi connectivity index (χ1v) is 4.93. The van der Waals surface area contributed by atoms with Crippen LogP contribution in [0.2, 0.25) is 0 Å². The molecule has 1 aromatic heterocycles. The van der Waals surface area contributed by atoms with E-state index in [1.807, 2.05) is 6.07 Å². The molecule has 0 aromatic carbocycles. The quantitative estimate of drug-likeness (QED) is 0.838. The van der Waals surface area contributed by atoms with Gasteiger partial charge in [-0.05, 0) is 22.0 Å². The standard InChI is InChI=1S/C9H11BrN2O2/c1-14-9(13)3-5-12-8-2-4-11-6-7(8)10/h2,4,6H,3,5H2,1H3,(H,11,12). The minimum Gasteiger partial charge on any atom is -0.469 e. The van der Waals surface area contributed by atoms with Crippen LogP contribution in [0.3, 0.4) is 0 Å². The highest BCUT2D eigenvalue weighted by molar-refractivity contribution is 9.10. The molecule has 1 heterocycles. The summed E-state index contributed by atoms with van der Waals surface area (Å²) in [5, 5.41) is 3.09. The zero-order valence-corrected chi connectivity index (χ0v) is 9.37. The number of anilines is 1. The van der Waals surface area contributed by atoms with E-state index in [4.69, 9.17) is 0 Å². The van der Waals surface area contributed by atoms with Gasteiger partial charge in [0.25, 0.3) is 0 Å². The summed E-state index contributed by atoms with van der Waals surface area (Å²) in [6, 6.07) is 1.83. The van der Waals surface area contributed by atoms with Crippen molar-refractivity contribution in [3.63, 3.8) is 0 Å². The van der Waals surface area contributed by atoms with Crippen molar-refractivity contribution >= 4 is 27.6 Å². The van der Waals surface area contributed by atoms with E-state index in [0.29, 0.717) is 13.0 Å². The van der Waals surface area contributed by atoms with E-state index in [1.54, 1.807) is 12.4 Å². The van der Waals surface area contributed by atoms with Gasteiger partial charge in [0.1, 0.15) is 0 Å². The fraction of sp³-hybridized carbons (Fsp3) is 0.333. The van der Waals surface area contributed by atoms with Crippen LogP contribution in [0.4, 0.5) is 5.69 Å². The Labute approximate surface area is 90.8 Å². The van der Waals surface area contributed by atoms with Crippen molar-refractivity contribution in [1.29, 1.82) is 0 Å². The number of hydrogen-bond acceptors (Lipinski definition) is 4. The van der Waals surface area contributed by atoms with Crippen molar-refractivity contribution in [1.82, 2.24) is 4.98 Å². The van der Waals surface area contributed by atoms with Gasteiger partial charge in [-0.15, -0.1) is 0 Å². The van der Waals surface area contributed by atoms with Gasteiger partial charge in [0.05, 0.1) is 23.7 Å². The Kier molecular flexibility index (Phi) is 4.39. The predicted molar refractivity (Wildman–Crippen MR) is 57.1 cm³/mol. The minimum atomic E-state index is -0.220. The van der Waals surface area contributed by atoms with E-state index in [-0.39, 0.29) is 5.97 Å². The Balaban J connectivity index is 2.39. The number of esters is 1. The first-order chi connectivity index (χ1) is 6.74. The Morgan fingerprint density at radius 3 is 3.14 bits per heavy atom. The lowest BCUT2D eigenvalue weighted by Crippen LogP contribution is -2.09. The maximum absolute atomic E-state index is 10.8.